The summed E-state index contributed by atoms with van der Waals surface area (Å²) in [6, 6.07) is 3.84. The number of anilines is 1. The van der Waals surface area contributed by atoms with E-state index in [1.807, 2.05) is 44.7 Å². The minimum atomic E-state index is -1.09. The van der Waals surface area contributed by atoms with Gasteiger partial charge in [-0.05, 0) is 40.7 Å². The number of pyridine rings is 1. The molecule has 3 heterocycles. The van der Waals surface area contributed by atoms with Gasteiger partial charge in [-0.2, -0.15) is 0 Å². The van der Waals surface area contributed by atoms with Crippen LogP contribution in [0, 0.1) is 0 Å². The summed E-state index contributed by atoms with van der Waals surface area (Å²) < 4.78 is 25.5. The highest BCUT2D eigenvalue weighted by molar-refractivity contribution is 6.62. The zero-order chi connectivity index (χ0) is 15.5. The highest BCUT2D eigenvalue weighted by atomic mass is 19.1. The van der Waals surface area contributed by atoms with E-state index in [-0.39, 0.29) is 11.2 Å². The Labute approximate surface area is 125 Å². The van der Waals surface area contributed by atoms with Gasteiger partial charge in [0.25, 0.3) is 0 Å². The van der Waals surface area contributed by atoms with Crippen LogP contribution in [-0.4, -0.2) is 42.1 Å². The van der Waals surface area contributed by atoms with E-state index in [1.165, 1.54) is 0 Å². The molecule has 4 nitrogen and oxygen atoms in total. The summed E-state index contributed by atoms with van der Waals surface area (Å²) >= 11 is 0. The summed E-state index contributed by atoms with van der Waals surface area (Å²) in [4.78, 5) is 6.33. The first-order valence-corrected chi connectivity index (χ1v) is 7.35. The zero-order valence-electron chi connectivity index (χ0n) is 13.3. The van der Waals surface area contributed by atoms with Gasteiger partial charge in [0.05, 0.1) is 24.3 Å². The normalized spacial score (nSPS) is 25.8. The van der Waals surface area contributed by atoms with Gasteiger partial charge in [-0.3, -0.25) is 0 Å². The Bertz CT molecular complexity index is 521. The lowest BCUT2D eigenvalue weighted by Gasteiger charge is -2.43. The molecule has 2 aliphatic heterocycles. The van der Waals surface area contributed by atoms with Gasteiger partial charge in [0.15, 0.2) is 0 Å². The molecule has 2 saturated heterocycles. The van der Waals surface area contributed by atoms with Crippen molar-refractivity contribution in [3.8, 4) is 0 Å². The van der Waals surface area contributed by atoms with Crippen LogP contribution >= 0.6 is 0 Å². The third-order valence-corrected chi connectivity index (χ3v) is 4.66. The van der Waals surface area contributed by atoms with Gasteiger partial charge in [-0.25, -0.2) is 9.37 Å². The molecular weight excluding hydrogens is 270 g/mol. The molecule has 0 radical (unpaired) electrons. The Morgan fingerprint density at radius 1 is 1.10 bits per heavy atom. The van der Waals surface area contributed by atoms with Crippen LogP contribution in [0.1, 0.15) is 34.6 Å². The maximum atomic E-state index is 13.5. The van der Waals surface area contributed by atoms with Crippen molar-refractivity contribution in [3.05, 3.63) is 18.3 Å². The van der Waals surface area contributed by atoms with E-state index in [2.05, 4.69) is 4.98 Å². The fraction of sp³-hybridized carbons (Fsp3) is 0.667. The quantitative estimate of drug-likeness (QED) is 0.780. The Morgan fingerprint density at radius 3 is 2.10 bits per heavy atom. The lowest BCUT2D eigenvalue weighted by atomic mass is 9.80. The molecule has 1 aromatic rings. The van der Waals surface area contributed by atoms with E-state index in [4.69, 9.17) is 9.31 Å². The number of aromatic nitrogens is 1. The second-order valence-electron chi connectivity index (χ2n) is 7.31. The van der Waals surface area contributed by atoms with E-state index in [0.29, 0.717) is 13.1 Å². The maximum absolute atomic E-state index is 13.5. The highest BCUT2D eigenvalue weighted by Gasteiger charge is 2.51. The van der Waals surface area contributed by atoms with E-state index in [0.717, 1.165) is 11.3 Å². The fourth-order valence-corrected chi connectivity index (χ4v) is 2.61. The summed E-state index contributed by atoms with van der Waals surface area (Å²) in [6.45, 7) is 10.5. The largest absolute Gasteiger partial charge is 0.496 e. The number of alkyl halides is 1. The maximum Gasteiger partial charge on any atom is 0.496 e. The Hall–Kier alpha value is -1.14. The standard InChI is InChI=1S/C15H22BFN2O2/c1-13(2)14(3,4)21-16(20-13)11-6-7-12(18-8-11)19-9-15(5,17)10-19/h6-8H,9-10H2,1-5H3. The predicted molar refractivity (Wildman–Crippen MR) is 81.7 cm³/mol. The number of nitrogens with zero attached hydrogens (tertiary/aromatic N) is 2. The van der Waals surface area contributed by atoms with Crippen molar-refractivity contribution in [2.75, 3.05) is 18.0 Å². The molecule has 0 saturated carbocycles. The smallest absolute Gasteiger partial charge is 0.399 e. The first-order chi connectivity index (χ1) is 9.60. The van der Waals surface area contributed by atoms with Gasteiger partial charge in [0.1, 0.15) is 11.5 Å². The van der Waals surface area contributed by atoms with E-state index >= 15 is 0 Å². The average molecular weight is 292 g/mol. The van der Waals surface area contributed by atoms with Crippen LogP contribution < -0.4 is 10.4 Å². The average Bonchev–Trinajstić information content (AvgIpc) is 2.56. The van der Waals surface area contributed by atoms with E-state index in [1.54, 1.807) is 13.1 Å². The topological polar surface area (TPSA) is 34.6 Å². The molecule has 2 fully saturated rings. The molecule has 0 bridgehead atoms. The summed E-state index contributed by atoms with van der Waals surface area (Å²) in [6.07, 6.45) is 1.76. The van der Waals surface area contributed by atoms with Crippen molar-refractivity contribution in [1.29, 1.82) is 0 Å². The van der Waals surface area contributed by atoms with Crippen LogP contribution in [0.4, 0.5) is 10.2 Å². The summed E-state index contributed by atoms with van der Waals surface area (Å²) in [7, 11) is -0.403. The molecule has 0 N–H and O–H groups in total. The van der Waals surface area contributed by atoms with Crippen molar-refractivity contribution in [2.45, 2.75) is 51.5 Å². The molecule has 0 spiro atoms. The van der Waals surface area contributed by atoms with Gasteiger partial charge < -0.3 is 14.2 Å². The van der Waals surface area contributed by atoms with Crippen molar-refractivity contribution in [3.63, 3.8) is 0 Å². The molecule has 3 rings (SSSR count). The van der Waals surface area contributed by atoms with Crippen LogP contribution in [0.3, 0.4) is 0 Å². The van der Waals surface area contributed by atoms with E-state index in [9.17, 15) is 4.39 Å². The van der Waals surface area contributed by atoms with Crippen molar-refractivity contribution in [2.24, 2.45) is 0 Å². The first-order valence-electron chi connectivity index (χ1n) is 7.35. The zero-order valence-corrected chi connectivity index (χ0v) is 13.3. The predicted octanol–water partition coefficient (Wildman–Crippen LogP) is 1.93. The highest BCUT2D eigenvalue weighted by Crippen LogP contribution is 2.36. The van der Waals surface area contributed by atoms with Crippen molar-refractivity contribution < 1.29 is 13.7 Å². The minimum absolute atomic E-state index is 0.357. The van der Waals surface area contributed by atoms with Gasteiger partial charge in [0.2, 0.25) is 0 Å². The molecule has 2 aliphatic rings. The van der Waals surface area contributed by atoms with Crippen LogP contribution in [0.2, 0.25) is 0 Å². The molecule has 0 atom stereocenters. The van der Waals surface area contributed by atoms with Crippen LogP contribution in [0.25, 0.3) is 0 Å². The lowest BCUT2D eigenvalue weighted by molar-refractivity contribution is 0.00578. The van der Waals surface area contributed by atoms with Crippen molar-refractivity contribution in [1.82, 2.24) is 4.98 Å². The monoisotopic (exact) mass is 292 g/mol. The molecule has 114 valence electrons. The number of halogens is 1. The van der Waals surface area contributed by atoms with Crippen LogP contribution in [-0.2, 0) is 9.31 Å². The first kappa shape index (κ1) is 14.8. The molecule has 21 heavy (non-hydrogen) atoms. The second kappa shape index (κ2) is 4.43. The minimum Gasteiger partial charge on any atom is -0.399 e. The van der Waals surface area contributed by atoms with Gasteiger partial charge in [-0.1, -0.05) is 6.07 Å². The molecule has 1 aromatic heterocycles. The number of hydrogen-bond acceptors (Lipinski definition) is 4. The summed E-state index contributed by atoms with van der Waals surface area (Å²) in [5.41, 5.74) is -0.916. The Morgan fingerprint density at radius 2 is 1.67 bits per heavy atom. The van der Waals surface area contributed by atoms with E-state index < -0.39 is 12.8 Å². The number of hydrogen-bond donors (Lipinski definition) is 0. The summed E-state index contributed by atoms with van der Waals surface area (Å²) in [5, 5.41) is 0. The van der Waals surface area contributed by atoms with Gasteiger partial charge in [0, 0.05) is 11.7 Å². The summed E-state index contributed by atoms with van der Waals surface area (Å²) in [5.74, 6) is 0.797. The van der Waals surface area contributed by atoms with Crippen LogP contribution in [0.15, 0.2) is 18.3 Å². The third-order valence-electron chi connectivity index (χ3n) is 4.66. The fourth-order valence-electron chi connectivity index (χ4n) is 2.61. The molecule has 0 aromatic carbocycles. The SMILES string of the molecule is CC1(F)CN(c2ccc(B3OC(C)(C)C(C)(C)O3)cn2)C1. The molecule has 0 amide bonds. The lowest BCUT2D eigenvalue weighted by Crippen LogP contribution is -2.57. The Kier molecular flexibility index (Phi) is 3.12. The Balaban J connectivity index is 1.71. The molecule has 0 aliphatic carbocycles. The second-order valence-corrected chi connectivity index (χ2v) is 7.31. The molecular formula is C15H22BFN2O2. The number of rotatable bonds is 2. The molecule has 0 unspecified atom stereocenters. The van der Waals surface area contributed by atoms with Crippen LogP contribution in [0.5, 0.6) is 0 Å². The van der Waals surface area contributed by atoms with Gasteiger partial charge >= 0.3 is 7.12 Å². The molecule has 6 heteroatoms. The third kappa shape index (κ3) is 2.55. The van der Waals surface area contributed by atoms with Crippen molar-refractivity contribution >= 4 is 18.4 Å². The van der Waals surface area contributed by atoms with Gasteiger partial charge in [-0.15, -0.1) is 0 Å².